The minimum absolute atomic E-state index is 0.0307. The van der Waals surface area contributed by atoms with Crippen LogP contribution < -0.4 is 5.32 Å². The Labute approximate surface area is 214 Å². The highest BCUT2D eigenvalue weighted by Gasteiger charge is 2.19. The fourth-order valence-corrected chi connectivity index (χ4v) is 5.24. The first-order chi connectivity index (χ1) is 16.4. The lowest BCUT2D eigenvalue weighted by atomic mass is 9.86. The second-order valence-electron chi connectivity index (χ2n) is 9.29. The molecule has 5 nitrogen and oxygen atoms in total. The SMILES string of the molecule is CC(C)(C)c1ccc(-c2cc(S(C)(=O)=O)ccc2C(=O)Nc2ccc(Cl)c(-c3nccs3)c2)cc1. The molecule has 0 radical (unpaired) electrons. The van der Waals surface area contributed by atoms with E-state index < -0.39 is 9.84 Å². The van der Waals surface area contributed by atoms with Gasteiger partial charge in [0, 0.05) is 34.6 Å². The van der Waals surface area contributed by atoms with Crippen molar-refractivity contribution in [3.63, 3.8) is 0 Å². The smallest absolute Gasteiger partial charge is 0.256 e. The quantitative estimate of drug-likeness (QED) is 0.302. The molecule has 35 heavy (non-hydrogen) atoms. The summed E-state index contributed by atoms with van der Waals surface area (Å²) in [5.41, 5.74) is 4.06. The number of nitrogens with zero attached hydrogens (tertiary/aromatic N) is 1. The summed E-state index contributed by atoms with van der Waals surface area (Å²) in [6, 6.07) is 17.6. The number of hydrogen-bond donors (Lipinski definition) is 1. The third-order valence-electron chi connectivity index (χ3n) is 5.61. The van der Waals surface area contributed by atoms with Crippen molar-refractivity contribution in [3.05, 3.63) is 88.4 Å². The van der Waals surface area contributed by atoms with Crippen molar-refractivity contribution in [3.8, 4) is 21.7 Å². The lowest BCUT2D eigenvalue weighted by molar-refractivity contribution is 0.102. The number of anilines is 1. The maximum absolute atomic E-state index is 13.4. The number of amides is 1. The predicted octanol–water partition coefficient (Wildman–Crippen LogP) is 7.08. The highest BCUT2D eigenvalue weighted by molar-refractivity contribution is 7.90. The summed E-state index contributed by atoms with van der Waals surface area (Å²) in [7, 11) is -3.45. The van der Waals surface area contributed by atoms with Crippen molar-refractivity contribution in [1.82, 2.24) is 4.98 Å². The van der Waals surface area contributed by atoms with E-state index in [0.29, 0.717) is 21.8 Å². The zero-order valence-electron chi connectivity index (χ0n) is 19.8. The van der Waals surface area contributed by atoms with E-state index in [-0.39, 0.29) is 16.2 Å². The normalized spacial score (nSPS) is 11.9. The van der Waals surface area contributed by atoms with Crippen molar-refractivity contribution in [2.45, 2.75) is 31.1 Å². The zero-order valence-corrected chi connectivity index (χ0v) is 22.2. The highest BCUT2D eigenvalue weighted by Crippen LogP contribution is 2.33. The molecular formula is C27H25ClN2O3S2. The summed E-state index contributed by atoms with van der Waals surface area (Å²) in [6.07, 6.45) is 2.85. The minimum atomic E-state index is -3.45. The molecule has 1 amide bonds. The fourth-order valence-electron chi connectivity index (χ4n) is 3.66. The first-order valence-electron chi connectivity index (χ1n) is 10.9. The van der Waals surface area contributed by atoms with E-state index in [2.05, 4.69) is 31.1 Å². The number of nitrogens with one attached hydrogen (secondary N) is 1. The molecular weight excluding hydrogens is 500 g/mol. The van der Waals surface area contributed by atoms with Gasteiger partial charge in [-0.25, -0.2) is 13.4 Å². The van der Waals surface area contributed by atoms with Crippen LogP contribution in [0, 0.1) is 0 Å². The van der Waals surface area contributed by atoms with Gasteiger partial charge in [0.1, 0.15) is 5.01 Å². The molecule has 0 fully saturated rings. The van der Waals surface area contributed by atoms with E-state index in [9.17, 15) is 13.2 Å². The second kappa shape index (κ2) is 9.57. The van der Waals surface area contributed by atoms with Gasteiger partial charge >= 0.3 is 0 Å². The number of hydrogen-bond acceptors (Lipinski definition) is 5. The molecule has 0 atom stereocenters. The van der Waals surface area contributed by atoms with Crippen LogP contribution in [-0.4, -0.2) is 25.6 Å². The van der Waals surface area contributed by atoms with Crippen molar-refractivity contribution >= 4 is 44.4 Å². The highest BCUT2D eigenvalue weighted by atomic mass is 35.5. The number of aromatic nitrogens is 1. The van der Waals surface area contributed by atoms with Gasteiger partial charge in [-0.2, -0.15) is 0 Å². The third kappa shape index (κ3) is 5.64. The number of carbonyl (C=O) groups excluding carboxylic acids is 1. The summed E-state index contributed by atoms with van der Waals surface area (Å²) in [5.74, 6) is -0.354. The van der Waals surface area contributed by atoms with Crippen LogP contribution in [0.2, 0.25) is 5.02 Å². The molecule has 0 saturated carbocycles. The maximum Gasteiger partial charge on any atom is 0.256 e. The Kier molecular flexibility index (Phi) is 6.86. The van der Waals surface area contributed by atoms with Gasteiger partial charge in [0.2, 0.25) is 0 Å². The van der Waals surface area contributed by atoms with Gasteiger partial charge < -0.3 is 5.32 Å². The number of rotatable bonds is 5. The van der Waals surface area contributed by atoms with E-state index in [0.717, 1.165) is 28.0 Å². The molecule has 1 N–H and O–H groups in total. The van der Waals surface area contributed by atoms with Gasteiger partial charge in [-0.3, -0.25) is 4.79 Å². The number of halogens is 1. The summed E-state index contributed by atoms with van der Waals surface area (Å²) in [4.78, 5) is 17.8. The van der Waals surface area contributed by atoms with Gasteiger partial charge in [-0.05, 0) is 58.5 Å². The number of benzene rings is 3. The molecule has 1 heterocycles. The first kappa shape index (κ1) is 25.1. The molecule has 180 valence electrons. The Morgan fingerprint density at radius 3 is 2.29 bits per heavy atom. The van der Waals surface area contributed by atoms with Crippen LogP contribution in [0.3, 0.4) is 0 Å². The predicted molar refractivity (Wildman–Crippen MR) is 144 cm³/mol. The first-order valence-corrected chi connectivity index (χ1v) is 14.0. The van der Waals surface area contributed by atoms with Crippen molar-refractivity contribution < 1.29 is 13.2 Å². The maximum atomic E-state index is 13.4. The number of sulfone groups is 1. The summed E-state index contributed by atoms with van der Waals surface area (Å²) in [6.45, 7) is 6.37. The van der Waals surface area contributed by atoms with E-state index in [1.165, 1.54) is 17.4 Å². The fraction of sp³-hybridized carbons (Fsp3) is 0.185. The minimum Gasteiger partial charge on any atom is -0.322 e. The average molecular weight is 525 g/mol. The van der Waals surface area contributed by atoms with Crippen LogP contribution in [0.25, 0.3) is 21.7 Å². The van der Waals surface area contributed by atoms with Gasteiger partial charge in [0.05, 0.1) is 9.92 Å². The van der Waals surface area contributed by atoms with Crippen LogP contribution >= 0.6 is 22.9 Å². The van der Waals surface area contributed by atoms with Crippen LogP contribution in [0.5, 0.6) is 0 Å². The Morgan fingerprint density at radius 2 is 1.69 bits per heavy atom. The van der Waals surface area contributed by atoms with Crippen molar-refractivity contribution in [1.29, 1.82) is 0 Å². The molecule has 4 aromatic rings. The second-order valence-corrected chi connectivity index (χ2v) is 12.6. The number of thiazole rings is 1. The van der Waals surface area contributed by atoms with Crippen LogP contribution in [0.15, 0.2) is 77.1 Å². The van der Waals surface area contributed by atoms with Gasteiger partial charge in [0.15, 0.2) is 9.84 Å². The van der Waals surface area contributed by atoms with E-state index in [1.54, 1.807) is 36.5 Å². The molecule has 0 spiro atoms. The lowest BCUT2D eigenvalue weighted by Gasteiger charge is -2.19. The van der Waals surface area contributed by atoms with E-state index in [4.69, 9.17) is 11.6 Å². The monoisotopic (exact) mass is 524 g/mol. The van der Waals surface area contributed by atoms with Gasteiger partial charge in [0.25, 0.3) is 5.91 Å². The molecule has 0 unspecified atom stereocenters. The summed E-state index contributed by atoms with van der Waals surface area (Å²) < 4.78 is 24.5. The van der Waals surface area contributed by atoms with Gasteiger partial charge in [-0.1, -0.05) is 56.6 Å². The molecule has 4 rings (SSSR count). The summed E-state index contributed by atoms with van der Waals surface area (Å²) >= 11 is 7.80. The van der Waals surface area contributed by atoms with E-state index >= 15 is 0 Å². The van der Waals surface area contributed by atoms with Crippen LogP contribution in [-0.2, 0) is 15.3 Å². The third-order valence-corrected chi connectivity index (χ3v) is 7.86. The molecule has 3 aromatic carbocycles. The Balaban J connectivity index is 1.74. The topological polar surface area (TPSA) is 76.1 Å². The Morgan fingerprint density at radius 1 is 0.971 bits per heavy atom. The van der Waals surface area contributed by atoms with Crippen LogP contribution in [0.4, 0.5) is 5.69 Å². The molecule has 0 aliphatic heterocycles. The molecule has 0 aliphatic rings. The summed E-state index contributed by atoms with van der Waals surface area (Å²) in [5, 5.41) is 6.07. The van der Waals surface area contributed by atoms with Crippen LogP contribution in [0.1, 0.15) is 36.7 Å². The number of carbonyl (C=O) groups is 1. The van der Waals surface area contributed by atoms with Gasteiger partial charge in [-0.15, -0.1) is 11.3 Å². The molecule has 0 aliphatic carbocycles. The zero-order chi connectivity index (χ0) is 25.4. The molecule has 8 heteroatoms. The van der Waals surface area contributed by atoms with Crippen molar-refractivity contribution in [2.24, 2.45) is 0 Å². The average Bonchev–Trinajstić information content (AvgIpc) is 3.33. The molecule has 0 saturated heterocycles. The van der Waals surface area contributed by atoms with E-state index in [1.807, 2.05) is 29.6 Å². The largest absolute Gasteiger partial charge is 0.322 e. The lowest BCUT2D eigenvalue weighted by Crippen LogP contribution is -2.14. The standard InChI is InChI=1S/C27H25ClN2O3S2/c1-27(2,3)18-7-5-17(6-8-18)22-16-20(35(4,32)33)10-11-21(22)25(31)30-19-9-12-24(28)23(15-19)26-29-13-14-34-26/h5-16H,1-4H3,(H,30,31). The van der Waals surface area contributed by atoms with Crippen molar-refractivity contribution in [2.75, 3.05) is 11.6 Å². The molecule has 0 bridgehead atoms. The Bertz CT molecular complexity index is 1490. The Hall–Kier alpha value is -3.00. The molecule has 1 aromatic heterocycles.